The number of aromatic hydroxyl groups is 1. The SMILES string of the molecule is O=S(=O)(NC1COCc2ccccc21)c1cc(C(F)(F)F)ccc1O. The summed E-state index contributed by atoms with van der Waals surface area (Å²) in [6.07, 6.45) is -4.72. The van der Waals surface area contributed by atoms with Gasteiger partial charge in [0.05, 0.1) is 24.8 Å². The molecule has 134 valence electrons. The molecule has 5 nitrogen and oxygen atoms in total. The summed E-state index contributed by atoms with van der Waals surface area (Å²) < 4.78 is 71.1. The number of ether oxygens (including phenoxy) is 1. The van der Waals surface area contributed by atoms with Crippen LogP contribution in [0.3, 0.4) is 0 Å². The number of alkyl halides is 3. The summed E-state index contributed by atoms with van der Waals surface area (Å²) in [4.78, 5) is -0.828. The fourth-order valence-electron chi connectivity index (χ4n) is 2.64. The molecular formula is C16H14F3NO4S. The summed E-state index contributed by atoms with van der Waals surface area (Å²) in [5.74, 6) is -0.759. The molecule has 1 aliphatic heterocycles. The van der Waals surface area contributed by atoms with Crippen LogP contribution in [0.25, 0.3) is 0 Å². The molecule has 0 bridgehead atoms. The number of hydrogen-bond acceptors (Lipinski definition) is 4. The van der Waals surface area contributed by atoms with Gasteiger partial charge in [0.2, 0.25) is 10.0 Å². The average Bonchev–Trinajstić information content (AvgIpc) is 2.54. The summed E-state index contributed by atoms with van der Waals surface area (Å²) in [6.45, 7) is 0.360. The first-order valence-electron chi connectivity index (χ1n) is 7.26. The predicted molar refractivity (Wildman–Crippen MR) is 82.3 cm³/mol. The number of nitrogens with one attached hydrogen (secondary N) is 1. The van der Waals surface area contributed by atoms with Crippen molar-refractivity contribution < 1.29 is 31.4 Å². The van der Waals surface area contributed by atoms with Crippen molar-refractivity contribution in [1.29, 1.82) is 0 Å². The summed E-state index contributed by atoms with van der Waals surface area (Å²) in [5, 5.41) is 9.74. The van der Waals surface area contributed by atoms with E-state index in [1.54, 1.807) is 24.3 Å². The van der Waals surface area contributed by atoms with Crippen LogP contribution in [0.5, 0.6) is 5.75 Å². The van der Waals surface area contributed by atoms with Crippen LogP contribution >= 0.6 is 0 Å². The van der Waals surface area contributed by atoms with Crippen molar-refractivity contribution in [2.24, 2.45) is 0 Å². The maximum atomic E-state index is 12.8. The number of rotatable bonds is 3. The number of hydrogen-bond donors (Lipinski definition) is 2. The highest BCUT2D eigenvalue weighted by Crippen LogP contribution is 2.35. The Balaban J connectivity index is 1.96. The van der Waals surface area contributed by atoms with Gasteiger partial charge in [-0.3, -0.25) is 0 Å². The van der Waals surface area contributed by atoms with E-state index in [-0.39, 0.29) is 6.61 Å². The van der Waals surface area contributed by atoms with Gasteiger partial charge >= 0.3 is 6.18 Å². The lowest BCUT2D eigenvalue weighted by Gasteiger charge is -2.26. The number of sulfonamides is 1. The fraction of sp³-hybridized carbons (Fsp3) is 0.250. The molecule has 9 heteroatoms. The van der Waals surface area contributed by atoms with Crippen molar-refractivity contribution in [3.63, 3.8) is 0 Å². The molecule has 3 rings (SSSR count). The number of phenols is 1. The number of phenolic OH excluding ortho intramolecular Hbond substituents is 1. The molecule has 0 saturated heterocycles. The maximum Gasteiger partial charge on any atom is 0.416 e. The van der Waals surface area contributed by atoms with Gasteiger partial charge in [-0.1, -0.05) is 24.3 Å². The molecule has 25 heavy (non-hydrogen) atoms. The first-order valence-corrected chi connectivity index (χ1v) is 8.75. The van der Waals surface area contributed by atoms with E-state index in [2.05, 4.69) is 4.72 Å². The Kier molecular flexibility index (Phi) is 4.48. The zero-order valence-corrected chi connectivity index (χ0v) is 13.6. The monoisotopic (exact) mass is 373 g/mol. The number of fused-ring (bicyclic) bond motifs is 1. The van der Waals surface area contributed by atoms with Crippen LogP contribution in [0.4, 0.5) is 13.2 Å². The van der Waals surface area contributed by atoms with Gasteiger partial charge in [0.1, 0.15) is 10.6 Å². The van der Waals surface area contributed by atoms with Crippen LogP contribution in [0, 0.1) is 0 Å². The summed E-state index contributed by atoms with van der Waals surface area (Å²) in [7, 11) is -4.40. The highest BCUT2D eigenvalue weighted by atomic mass is 32.2. The van der Waals surface area contributed by atoms with E-state index in [0.29, 0.717) is 30.4 Å². The second-order valence-corrected chi connectivity index (χ2v) is 7.25. The van der Waals surface area contributed by atoms with Crippen LogP contribution in [0.2, 0.25) is 0 Å². The minimum atomic E-state index is -4.72. The van der Waals surface area contributed by atoms with Crippen molar-refractivity contribution in [1.82, 2.24) is 4.72 Å². The van der Waals surface area contributed by atoms with Crippen molar-refractivity contribution in [3.05, 3.63) is 59.2 Å². The Labute approximate surface area is 142 Å². The highest BCUT2D eigenvalue weighted by Gasteiger charge is 2.34. The largest absolute Gasteiger partial charge is 0.507 e. The van der Waals surface area contributed by atoms with Gasteiger partial charge in [-0.05, 0) is 29.3 Å². The second kappa shape index (κ2) is 6.32. The van der Waals surface area contributed by atoms with Crippen LogP contribution < -0.4 is 4.72 Å². The summed E-state index contributed by atoms with van der Waals surface area (Å²) >= 11 is 0. The van der Waals surface area contributed by atoms with E-state index in [1.807, 2.05) is 0 Å². The van der Waals surface area contributed by atoms with Gasteiger partial charge in [0.25, 0.3) is 0 Å². The number of halogens is 3. The van der Waals surface area contributed by atoms with E-state index >= 15 is 0 Å². The van der Waals surface area contributed by atoms with Gasteiger partial charge in [0, 0.05) is 0 Å². The van der Waals surface area contributed by atoms with Crippen LogP contribution in [0.15, 0.2) is 47.4 Å². The lowest BCUT2D eigenvalue weighted by Crippen LogP contribution is -2.34. The molecule has 1 unspecified atom stereocenters. The van der Waals surface area contributed by atoms with Gasteiger partial charge in [-0.15, -0.1) is 0 Å². The molecule has 1 atom stereocenters. The molecular weight excluding hydrogens is 359 g/mol. The normalized spacial score (nSPS) is 18.0. The third-order valence-electron chi connectivity index (χ3n) is 3.85. The Hall–Kier alpha value is -2.10. The predicted octanol–water partition coefficient (Wildman–Crippen LogP) is 2.96. The molecule has 0 aromatic heterocycles. The third kappa shape index (κ3) is 3.63. The average molecular weight is 373 g/mol. The Morgan fingerprint density at radius 1 is 1.16 bits per heavy atom. The van der Waals surface area contributed by atoms with Gasteiger partial charge < -0.3 is 9.84 Å². The lowest BCUT2D eigenvalue weighted by molar-refractivity contribution is -0.137. The molecule has 2 aromatic rings. The van der Waals surface area contributed by atoms with E-state index in [4.69, 9.17) is 4.74 Å². The van der Waals surface area contributed by atoms with E-state index in [1.165, 1.54) is 0 Å². The molecule has 0 aliphatic carbocycles. The van der Waals surface area contributed by atoms with Crippen molar-refractivity contribution in [2.75, 3.05) is 6.61 Å². The standard InChI is InChI=1S/C16H14F3NO4S/c17-16(18,19)11-5-6-14(21)15(7-11)25(22,23)20-13-9-24-8-10-3-1-2-4-12(10)13/h1-7,13,20-21H,8-9H2. The second-order valence-electron chi connectivity index (χ2n) is 5.57. The van der Waals surface area contributed by atoms with E-state index < -0.39 is 38.4 Å². The van der Waals surface area contributed by atoms with Crippen molar-refractivity contribution >= 4 is 10.0 Å². The maximum absolute atomic E-state index is 12.8. The Morgan fingerprint density at radius 2 is 1.88 bits per heavy atom. The van der Waals surface area contributed by atoms with Crippen molar-refractivity contribution in [2.45, 2.75) is 23.7 Å². The Morgan fingerprint density at radius 3 is 2.60 bits per heavy atom. The van der Waals surface area contributed by atoms with Gasteiger partial charge in [0.15, 0.2) is 0 Å². The summed E-state index contributed by atoms with van der Waals surface area (Å²) in [6, 6.07) is 7.98. The van der Waals surface area contributed by atoms with Crippen molar-refractivity contribution in [3.8, 4) is 5.75 Å². The minimum absolute atomic E-state index is 0.0377. The first-order chi connectivity index (χ1) is 11.7. The van der Waals surface area contributed by atoms with Gasteiger partial charge in [-0.2, -0.15) is 13.2 Å². The zero-order chi connectivity index (χ0) is 18.2. The quantitative estimate of drug-likeness (QED) is 0.867. The van der Waals surface area contributed by atoms with Crippen LogP contribution in [-0.4, -0.2) is 20.1 Å². The third-order valence-corrected chi connectivity index (χ3v) is 5.35. The van der Waals surface area contributed by atoms with Crippen LogP contribution in [-0.2, 0) is 27.5 Å². The fourth-order valence-corrected chi connectivity index (χ4v) is 3.96. The Bertz CT molecular complexity index is 896. The van der Waals surface area contributed by atoms with E-state index in [0.717, 1.165) is 5.56 Å². The summed E-state index contributed by atoms with van der Waals surface area (Å²) in [5.41, 5.74) is 0.310. The topological polar surface area (TPSA) is 75.6 Å². The first kappa shape index (κ1) is 17.7. The minimum Gasteiger partial charge on any atom is -0.507 e. The molecule has 1 aliphatic rings. The molecule has 0 saturated carbocycles. The molecule has 0 fully saturated rings. The molecule has 2 aromatic carbocycles. The number of benzene rings is 2. The molecule has 0 spiro atoms. The molecule has 0 radical (unpaired) electrons. The molecule has 2 N–H and O–H groups in total. The molecule has 0 amide bonds. The van der Waals surface area contributed by atoms with Crippen LogP contribution in [0.1, 0.15) is 22.7 Å². The zero-order valence-electron chi connectivity index (χ0n) is 12.7. The van der Waals surface area contributed by atoms with E-state index in [9.17, 15) is 26.7 Å². The smallest absolute Gasteiger partial charge is 0.416 e. The molecule has 1 heterocycles. The van der Waals surface area contributed by atoms with Gasteiger partial charge in [-0.25, -0.2) is 13.1 Å². The lowest BCUT2D eigenvalue weighted by atomic mass is 10.0. The highest BCUT2D eigenvalue weighted by molar-refractivity contribution is 7.89.